The van der Waals surface area contributed by atoms with Crippen molar-refractivity contribution in [1.29, 1.82) is 0 Å². The average Bonchev–Trinajstić information content (AvgIpc) is 3.04. The summed E-state index contributed by atoms with van der Waals surface area (Å²) in [5, 5.41) is 13.5. The monoisotopic (exact) mass is 403 g/mol. The average molecular weight is 403 g/mol. The number of benzene rings is 1. The van der Waals surface area contributed by atoms with E-state index in [0.717, 1.165) is 25.7 Å². The van der Waals surface area contributed by atoms with Crippen molar-refractivity contribution in [1.82, 2.24) is 9.78 Å². The van der Waals surface area contributed by atoms with Crippen LogP contribution in [0.25, 0.3) is 5.69 Å². The summed E-state index contributed by atoms with van der Waals surface area (Å²) in [6.45, 7) is 5.84. The summed E-state index contributed by atoms with van der Waals surface area (Å²) in [5.41, 5.74) is 0.136. The fraction of sp³-hybridized carbons (Fsp3) is 0.476. The van der Waals surface area contributed by atoms with Crippen LogP contribution < -0.4 is 9.64 Å². The second kappa shape index (κ2) is 8.63. The molecule has 1 amide bonds. The second-order valence-electron chi connectivity index (χ2n) is 7.84. The Hall–Kier alpha value is -2.90. The molecule has 0 bridgehead atoms. The molecule has 1 fully saturated rings. The molecule has 0 radical (unpaired) electrons. The molecule has 7 nitrogen and oxygen atoms in total. The summed E-state index contributed by atoms with van der Waals surface area (Å²) in [4.78, 5) is 26.0. The van der Waals surface area contributed by atoms with Crippen molar-refractivity contribution in [3.63, 3.8) is 0 Å². The van der Waals surface area contributed by atoms with Gasteiger partial charge in [0.1, 0.15) is 11.5 Å². The largest absolute Gasteiger partial charge is 0.511 e. The molecule has 1 heterocycles. The maximum Gasteiger partial charge on any atom is 0.511 e. The summed E-state index contributed by atoms with van der Waals surface area (Å²) in [6.07, 6.45) is 3.28. The van der Waals surface area contributed by atoms with Gasteiger partial charge in [-0.05, 0) is 57.6 Å². The standard InChI is InChI=1S/C21H26FN3O4/c1-13(2)25(20(26)15-10-8-14(3)9-11-15)19-18(29-21(27)28)12-24(23-19)17-7-5-4-6-16(17)22/h4-7,12-15H,8-11H2,1-3H3,(H,27,28). The van der Waals surface area contributed by atoms with Crippen molar-refractivity contribution in [3.05, 3.63) is 36.3 Å². The lowest BCUT2D eigenvalue weighted by molar-refractivity contribution is -0.124. The molecule has 0 spiro atoms. The fourth-order valence-corrected chi connectivity index (χ4v) is 3.75. The van der Waals surface area contributed by atoms with Crippen molar-refractivity contribution < 1.29 is 23.8 Å². The van der Waals surface area contributed by atoms with Gasteiger partial charge in [-0.3, -0.25) is 9.69 Å². The van der Waals surface area contributed by atoms with Gasteiger partial charge in [0.15, 0.2) is 5.75 Å². The Kier molecular flexibility index (Phi) is 6.20. The number of carbonyl (C=O) groups excluding carboxylic acids is 1. The second-order valence-corrected chi connectivity index (χ2v) is 7.84. The van der Waals surface area contributed by atoms with Crippen LogP contribution in [0.4, 0.5) is 15.0 Å². The molecule has 156 valence electrons. The summed E-state index contributed by atoms with van der Waals surface area (Å²) >= 11 is 0. The number of para-hydroxylation sites is 1. The van der Waals surface area contributed by atoms with Crippen LogP contribution in [0.1, 0.15) is 46.5 Å². The minimum Gasteiger partial charge on any atom is -0.449 e. The molecule has 1 aromatic carbocycles. The van der Waals surface area contributed by atoms with E-state index in [9.17, 15) is 14.0 Å². The van der Waals surface area contributed by atoms with Crippen LogP contribution in [0.2, 0.25) is 0 Å². The van der Waals surface area contributed by atoms with E-state index in [2.05, 4.69) is 12.0 Å². The summed E-state index contributed by atoms with van der Waals surface area (Å²) in [7, 11) is 0. The Labute approximate surface area is 169 Å². The van der Waals surface area contributed by atoms with Crippen molar-refractivity contribution in [2.45, 2.75) is 52.5 Å². The van der Waals surface area contributed by atoms with Crippen molar-refractivity contribution in [2.24, 2.45) is 11.8 Å². The van der Waals surface area contributed by atoms with E-state index in [1.54, 1.807) is 12.1 Å². The number of rotatable bonds is 5. The van der Waals surface area contributed by atoms with E-state index in [1.165, 1.54) is 27.9 Å². The predicted molar refractivity (Wildman–Crippen MR) is 106 cm³/mol. The third-order valence-electron chi connectivity index (χ3n) is 5.31. The van der Waals surface area contributed by atoms with E-state index >= 15 is 0 Å². The Balaban J connectivity index is 2.01. The van der Waals surface area contributed by atoms with Gasteiger partial charge in [0.2, 0.25) is 11.7 Å². The van der Waals surface area contributed by atoms with Crippen LogP contribution in [0.3, 0.4) is 0 Å². The van der Waals surface area contributed by atoms with E-state index in [0.29, 0.717) is 5.92 Å². The maximum atomic E-state index is 14.2. The van der Waals surface area contributed by atoms with Gasteiger partial charge in [-0.25, -0.2) is 13.9 Å². The quantitative estimate of drug-likeness (QED) is 0.736. The molecule has 8 heteroatoms. The molecule has 29 heavy (non-hydrogen) atoms. The third kappa shape index (κ3) is 4.58. The summed E-state index contributed by atoms with van der Waals surface area (Å²) in [5.74, 6) is -0.211. The molecular formula is C21H26FN3O4. The number of hydrogen-bond donors (Lipinski definition) is 1. The van der Waals surface area contributed by atoms with Gasteiger partial charge in [-0.1, -0.05) is 19.1 Å². The number of ether oxygens (including phenoxy) is 1. The van der Waals surface area contributed by atoms with Gasteiger partial charge >= 0.3 is 6.16 Å². The maximum absolute atomic E-state index is 14.2. The molecule has 0 unspecified atom stereocenters. The molecule has 1 saturated carbocycles. The molecule has 1 aliphatic rings. The van der Waals surface area contributed by atoms with E-state index in [1.807, 2.05) is 13.8 Å². The first-order chi connectivity index (χ1) is 13.8. The van der Waals surface area contributed by atoms with Crippen LogP contribution in [0, 0.1) is 17.7 Å². The number of nitrogens with zero attached hydrogens (tertiary/aromatic N) is 3. The number of amides is 1. The van der Waals surface area contributed by atoms with Crippen LogP contribution in [0.15, 0.2) is 30.5 Å². The molecule has 2 aromatic rings. The molecule has 0 atom stereocenters. The number of anilines is 1. The first-order valence-electron chi connectivity index (χ1n) is 9.86. The topological polar surface area (TPSA) is 84.7 Å². The Morgan fingerprint density at radius 1 is 1.24 bits per heavy atom. The highest BCUT2D eigenvalue weighted by Crippen LogP contribution is 2.35. The highest BCUT2D eigenvalue weighted by atomic mass is 19.1. The molecule has 1 aliphatic carbocycles. The Morgan fingerprint density at radius 2 is 1.90 bits per heavy atom. The zero-order chi connectivity index (χ0) is 21.1. The molecule has 1 aromatic heterocycles. The van der Waals surface area contributed by atoms with Gasteiger partial charge in [-0.2, -0.15) is 0 Å². The van der Waals surface area contributed by atoms with E-state index < -0.39 is 12.0 Å². The first-order valence-corrected chi connectivity index (χ1v) is 9.86. The third-order valence-corrected chi connectivity index (χ3v) is 5.31. The van der Waals surface area contributed by atoms with Gasteiger partial charge in [0.05, 0.1) is 6.20 Å². The lowest BCUT2D eigenvalue weighted by Gasteiger charge is -2.32. The number of carbonyl (C=O) groups is 2. The highest BCUT2D eigenvalue weighted by molar-refractivity contribution is 5.96. The van der Waals surface area contributed by atoms with Crippen molar-refractivity contribution in [3.8, 4) is 11.4 Å². The normalized spacial score (nSPS) is 19.2. The Bertz CT molecular complexity index is 888. The summed E-state index contributed by atoms with van der Waals surface area (Å²) in [6, 6.07) is 5.71. The van der Waals surface area contributed by atoms with Gasteiger partial charge in [0, 0.05) is 12.0 Å². The zero-order valence-corrected chi connectivity index (χ0v) is 16.8. The summed E-state index contributed by atoms with van der Waals surface area (Å²) < 4.78 is 20.3. The minimum absolute atomic E-state index is 0.0780. The van der Waals surface area contributed by atoms with Crippen LogP contribution in [-0.4, -0.2) is 33.0 Å². The smallest absolute Gasteiger partial charge is 0.449 e. The predicted octanol–water partition coefficient (Wildman–Crippen LogP) is 4.64. The van der Waals surface area contributed by atoms with Crippen molar-refractivity contribution >= 4 is 17.9 Å². The zero-order valence-electron chi connectivity index (χ0n) is 16.8. The van der Waals surface area contributed by atoms with Gasteiger partial charge < -0.3 is 9.84 Å². The van der Waals surface area contributed by atoms with Crippen molar-refractivity contribution in [2.75, 3.05) is 4.90 Å². The fourth-order valence-electron chi connectivity index (χ4n) is 3.75. The first kappa shape index (κ1) is 20.8. The SMILES string of the molecule is CC1CCC(C(=O)N(c2nn(-c3ccccc3F)cc2OC(=O)O)C(C)C)CC1. The number of carboxylic acid groups (broad SMARTS) is 1. The lowest BCUT2D eigenvalue weighted by Crippen LogP contribution is -2.42. The van der Waals surface area contributed by atoms with Crippen LogP contribution >= 0.6 is 0 Å². The molecule has 3 rings (SSSR count). The number of hydrogen-bond acceptors (Lipinski definition) is 4. The molecular weight excluding hydrogens is 377 g/mol. The molecule has 0 aliphatic heterocycles. The number of halogens is 1. The van der Waals surface area contributed by atoms with E-state index in [-0.39, 0.29) is 35.1 Å². The van der Waals surface area contributed by atoms with Gasteiger partial charge in [0.25, 0.3) is 0 Å². The highest BCUT2D eigenvalue weighted by Gasteiger charge is 2.34. The van der Waals surface area contributed by atoms with Crippen LogP contribution in [0.5, 0.6) is 5.75 Å². The molecule has 0 saturated heterocycles. The van der Waals surface area contributed by atoms with Crippen LogP contribution in [-0.2, 0) is 4.79 Å². The number of aromatic nitrogens is 2. The molecule has 1 N–H and O–H groups in total. The van der Waals surface area contributed by atoms with Gasteiger partial charge in [-0.15, -0.1) is 5.10 Å². The lowest BCUT2D eigenvalue weighted by atomic mass is 9.82. The Morgan fingerprint density at radius 3 is 2.48 bits per heavy atom. The van der Waals surface area contributed by atoms with E-state index in [4.69, 9.17) is 9.84 Å². The minimum atomic E-state index is -1.53.